The lowest BCUT2D eigenvalue weighted by Crippen LogP contribution is -2.30. The van der Waals surface area contributed by atoms with Crippen molar-refractivity contribution in [1.29, 1.82) is 0 Å². The normalized spacial score (nSPS) is 10.7. The molecular weight excluding hydrogens is 392 g/mol. The van der Waals surface area contributed by atoms with Gasteiger partial charge in [0.1, 0.15) is 9.88 Å². The molecule has 0 N–H and O–H groups in total. The van der Waals surface area contributed by atoms with E-state index in [-0.39, 0.29) is 12.5 Å². The minimum Gasteiger partial charge on any atom is -0.451 e. The largest absolute Gasteiger partial charge is 0.451 e. The van der Waals surface area contributed by atoms with Crippen molar-refractivity contribution in [3.63, 3.8) is 0 Å². The average molecular weight is 415 g/mol. The molecule has 3 aromatic rings. The smallest absolute Gasteiger partial charge is 0.350 e. The summed E-state index contributed by atoms with van der Waals surface area (Å²) in [6.45, 7) is 4.10. The number of nitrogens with zero attached hydrogens (tertiary/aromatic N) is 2. The van der Waals surface area contributed by atoms with E-state index < -0.39 is 5.97 Å². The Labute approximate surface area is 172 Å². The summed E-state index contributed by atoms with van der Waals surface area (Å²) in [5.41, 5.74) is 3.89. The molecule has 0 spiro atoms. The molecule has 5 nitrogen and oxygen atoms in total. The van der Waals surface area contributed by atoms with Crippen LogP contribution in [0.2, 0.25) is 0 Å². The third kappa shape index (κ3) is 4.85. The summed E-state index contributed by atoms with van der Waals surface area (Å²) in [6.07, 6.45) is 0.976. The number of thiazole rings is 1. The van der Waals surface area contributed by atoms with E-state index in [1.165, 1.54) is 16.9 Å². The summed E-state index contributed by atoms with van der Waals surface area (Å²) in [4.78, 5) is 31.1. The van der Waals surface area contributed by atoms with Gasteiger partial charge in [-0.25, -0.2) is 9.78 Å². The molecular formula is C21H22N2O3S2. The summed E-state index contributed by atoms with van der Waals surface area (Å²) >= 11 is 2.87. The van der Waals surface area contributed by atoms with Crippen LogP contribution in [0.1, 0.15) is 33.4 Å². The van der Waals surface area contributed by atoms with Crippen LogP contribution < -0.4 is 0 Å². The lowest BCUT2D eigenvalue weighted by Gasteiger charge is -2.16. The molecule has 0 unspecified atom stereocenters. The van der Waals surface area contributed by atoms with Crippen molar-refractivity contribution >= 4 is 34.6 Å². The average Bonchev–Trinajstić information content (AvgIpc) is 3.35. The maximum absolute atomic E-state index is 12.4. The second kappa shape index (κ2) is 9.12. The number of likely N-dealkylation sites (N-methyl/N-ethyl adjacent to an activating group) is 1. The SMILES string of the molecule is CCc1ccc(-c2nc(C)c(C(=O)OCC(=O)N(C)Cc3ccsc3)s2)cc1. The van der Waals surface area contributed by atoms with Crippen molar-refractivity contribution in [1.82, 2.24) is 9.88 Å². The Balaban J connectivity index is 1.61. The predicted molar refractivity (Wildman–Crippen MR) is 113 cm³/mol. The first kappa shape index (κ1) is 20.2. The van der Waals surface area contributed by atoms with Crippen molar-refractivity contribution in [3.05, 3.63) is 62.8 Å². The Hall–Kier alpha value is -2.51. The lowest BCUT2D eigenvalue weighted by atomic mass is 10.1. The molecule has 7 heteroatoms. The van der Waals surface area contributed by atoms with Gasteiger partial charge in [-0.2, -0.15) is 11.3 Å². The zero-order chi connectivity index (χ0) is 20.1. The number of aromatic nitrogens is 1. The van der Waals surface area contributed by atoms with Gasteiger partial charge in [0.25, 0.3) is 5.91 Å². The van der Waals surface area contributed by atoms with Crippen molar-refractivity contribution in [2.45, 2.75) is 26.8 Å². The number of carbonyl (C=O) groups is 2. The molecule has 0 aliphatic heterocycles. The predicted octanol–water partition coefficient (Wildman–Crippen LogP) is 4.56. The number of ether oxygens (including phenoxy) is 1. The number of thiophene rings is 1. The molecule has 3 rings (SSSR count). The highest BCUT2D eigenvalue weighted by molar-refractivity contribution is 7.17. The van der Waals surface area contributed by atoms with E-state index in [2.05, 4.69) is 24.0 Å². The van der Waals surface area contributed by atoms with Crippen molar-refractivity contribution in [2.75, 3.05) is 13.7 Å². The number of hydrogen-bond donors (Lipinski definition) is 0. The number of benzene rings is 1. The number of aryl methyl sites for hydroxylation is 2. The molecule has 0 saturated heterocycles. The number of carbonyl (C=O) groups excluding carboxylic acids is 2. The number of amides is 1. The summed E-state index contributed by atoms with van der Waals surface area (Å²) in [5, 5.41) is 4.73. The number of esters is 1. The van der Waals surface area contributed by atoms with Gasteiger partial charge in [0, 0.05) is 19.2 Å². The van der Waals surface area contributed by atoms with Crippen LogP contribution in [0.15, 0.2) is 41.1 Å². The molecule has 0 bridgehead atoms. The molecule has 1 aromatic carbocycles. The van der Waals surface area contributed by atoms with E-state index in [1.807, 2.05) is 29.0 Å². The van der Waals surface area contributed by atoms with Crippen LogP contribution in [0.5, 0.6) is 0 Å². The zero-order valence-electron chi connectivity index (χ0n) is 16.1. The van der Waals surface area contributed by atoms with Gasteiger partial charge in [-0.05, 0) is 41.3 Å². The number of rotatable bonds is 7. The van der Waals surface area contributed by atoms with Crippen LogP contribution in [-0.4, -0.2) is 35.4 Å². The van der Waals surface area contributed by atoms with Gasteiger partial charge in [-0.3, -0.25) is 4.79 Å². The Morgan fingerprint density at radius 1 is 1.14 bits per heavy atom. The molecule has 0 aliphatic rings. The van der Waals surface area contributed by atoms with Gasteiger partial charge >= 0.3 is 5.97 Å². The maximum atomic E-state index is 12.4. The van der Waals surface area contributed by atoms with E-state index in [0.29, 0.717) is 17.1 Å². The standard InChI is InChI=1S/C21H22N2O3S2/c1-4-15-5-7-17(8-6-15)20-22-14(2)19(28-20)21(25)26-12-18(24)23(3)11-16-9-10-27-13-16/h5-10,13H,4,11-12H2,1-3H3. The van der Waals surface area contributed by atoms with Crippen LogP contribution in [0.25, 0.3) is 10.6 Å². The summed E-state index contributed by atoms with van der Waals surface area (Å²) in [5.74, 6) is -0.749. The van der Waals surface area contributed by atoms with Crippen LogP contribution in [0.3, 0.4) is 0 Å². The van der Waals surface area contributed by atoms with E-state index in [4.69, 9.17) is 4.74 Å². The van der Waals surface area contributed by atoms with Crippen molar-refractivity contribution in [2.24, 2.45) is 0 Å². The van der Waals surface area contributed by atoms with Crippen LogP contribution in [-0.2, 0) is 22.5 Å². The molecule has 2 heterocycles. The first-order valence-electron chi connectivity index (χ1n) is 8.96. The van der Waals surface area contributed by atoms with Crippen LogP contribution >= 0.6 is 22.7 Å². The van der Waals surface area contributed by atoms with Crippen molar-refractivity contribution < 1.29 is 14.3 Å². The van der Waals surface area contributed by atoms with Crippen LogP contribution in [0, 0.1) is 6.92 Å². The second-order valence-electron chi connectivity index (χ2n) is 6.44. The molecule has 1 amide bonds. The first-order valence-corrected chi connectivity index (χ1v) is 10.7. The fourth-order valence-electron chi connectivity index (χ4n) is 2.64. The topological polar surface area (TPSA) is 59.5 Å². The third-order valence-corrected chi connectivity index (χ3v) is 6.26. The molecule has 28 heavy (non-hydrogen) atoms. The Bertz CT molecular complexity index is 947. The fourth-order valence-corrected chi connectivity index (χ4v) is 4.27. The second-order valence-corrected chi connectivity index (χ2v) is 8.22. The monoisotopic (exact) mass is 414 g/mol. The van der Waals surface area contributed by atoms with E-state index in [0.717, 1.165) is 22.6 Å². The molecule has 0 fully saturated rings. The fraction of sp³-hybridized carbons (Fsp3) is 0.286. The quantitative estimate of drug-likeness (QED) is 0.532. The van der Waals surface area contributed by atoms with Crippen LogP contribution in [0.4, 0.5) is 0 Å². The lowest BCUT2D eigenvalue weighted by molar-refractivity contribution is -0.133. The summed E-state index contributed by atoms with van der Waals surface area (Å²) < 4.78 is 5.24. The molecule has 2 aromatic heterocycles. The Kier molecular flexibility index (Phi) is 6.59. The minimum absolute atomic E-state index is 0.239. The van der Waals surface area contributed by atoms with E-state index in [9.17, 15) is 9.59 Å². The number of hydrogen-bond acceptors (Lipinski definition) is 6. The molecule has 146 valence electrons. The summed E-state index contributed by atoms with van der Waals surface area (Å²) in [7, 11) is 1.70. The highest BCUT2D eigenvalue weighted by Crippen LogP contribution is 2.28. The molecule has 0 saturated carbocycles. The van der Waals surface area contributed by atoms with E-state index in [1.54, 1.807) is 30.2 Å². The van der Waals surface area contributed by atoms with Gasteiger partial charge in [0.2, 0.25) is 0 Å². The highest BCUT2D eigenvalue weighted by atomic mass is 32.1. The Morgan fingerprint density at radius 3 is 2.54 bits per heavy atom. The maximum Gasteiger partial charge on any atom is 0.350 e. The molecule has 0 radical (unpaired) electrons. The molecule has 0 atom stereocenters. The van der Waals surface area contributed by atoms with Gasteiger partial charge in [-0.15, -0.1) is 11.3 Å². The minimum atomic E-state index is -0.510. The summed E-state index contributed by atoms with van der Waals surface area (Å²) in [6, 6.07) is 10.1. The van der Waals surface area contributed by atoms with Gasteiger partial charge in [-0.1, -0.05) is 31.2 Å². The van der Waals surface area contributed by atoms with Gasteiger partial charge < -0.3 is 9.64 Å². The van der Waals surface area contributed by atoms with Gasteiger partial charge in [0.05, 0.1) is 5.69 Å². The molecule has 0 aliphatic carbocycles. The zero-order valence-corrected chi connectivity index (χ0v) is 17.7. The first-order chi connectivity index (χ1) is 13.5. The van der Waals surface area contributed by atoms with Gasteiger partial charge in [0.15, 0.2) is 6.61 Å². The highest BCUT2D eigenvalue weighted by Gasteiger charge is 2.20. The van der Waals surface area contributed by atoms with Crippen molar-refractivity contribution in [3.8, 4) is 10.6 Å². The Morgan fingerprint density at radius 2 is 1.89 bits per heavy atom. The third-order valence-electron chi connectivity index (χ3n) is 4.34. The van der Waals surface area contributed by atoms with E-state index >= 15 is 0 Å².